The fraction of sp³-hybridized carbons (Fsp3) is 0.500. The normalized spacial score (nSPS) is 20.1. The number of methoxy groups -OCH3 is 1. The van der Waals surface area contributed by atoms with E-state index in [-0.39, 0.29) is 44.8 Å². The molecule has 37 heavy (non-hydrogen) atoms. The van der Waals surface area contributed by atoms with Gasteiger partial charge in [0.25, 0.3) is 0 Å². The number of thiocarbonyl (C=S) groups is 1. The summed E-state index contributed by atoms with van der Waals surface area (Å²) in [6.45, 7) is 1.38. The number of carbonyl (C=O) groups is 1. The highest BCUT2D eigenvalue weighted by Crippen LogP contribution is 2.31. The number of nitrogens with one attached hydrogen (secondary N) is 4. The molecule has 0 amide bonds. The minimum absolute atomic E-state index is 0.0120. The van der Waals surface area contributed by atoms with Crippen LogP contribution in [0.1, 0.15) is 38.5 Å². The van der Waals surface area contributed by atoms with Crippen LogP contribution in [0.2, 0.25) is 10.0 Å². The number of anilines is 4. The highest BCUT2D eigenvalue weighted by molar-refractivity contribution is 7.80. The number of carbonyl (C=O) groups excluding carboxylic acids is 1. The Hall–Kier alpha value is -2.47. The van der Waals surface area contributed by atoms with E-state index in [1.807, 2.05) is 0 Å². The summed E-state index contributed by atoms with van der Waals surface area (Å²) in [6.07, 6.45) is 6.35. The maximum absolute atomic E-state index is 14.4. The van der Waals surface area contributed by atoms with Gasteiger partial charge in [-0.25, -0.2) is 9.37 Å². The molecule has 0 radical (unpaired) electrons. The largest absolute Gasteiger partial charge is 0.469 e. The van der Waals surface area contributed by atoms with Crippen LogP contribution in [0.15, 0.2) is 18.3 Å². The van der Waals surface area contributed by atoms with Crippen molar-refractivity contribution in [1.82, 2.24) is 9.97 Å². The van der Waals surface area contributed by atoms with Gasteiger partial charge in [-0.2, -0.15) is 4.98 Å². The number of hydrogen-bond acceptors (Lipinski definition) is 8. The second kappa shape index (κ2) is 12.9. The topological polar surface area (TPSA) is 109 Å². The van der Waals surface area contributed by atoms with Crippen molar-refractivity contribution in [1.29, 1.82) is 0 Å². The second-order valence-corrected chi connectivity index (χ2v) is 10.3. The zero-order valence-electron chi connectivity index (χ0n) is 20.3. The summed E-state index contributed by atoms with van der Waals surface area (Å²) in [6, 6.07) is 2.88. The third-order valence-electron chi connectivity index (χ3n) is 6.44. The molecule has 0 bridgehead atoms. The molecule has 2 heterocycles. The van der Waals surface area contributed by atoms with Crippen LogP contribution in [0.25, 0.3) is 0 Å². The Kier molecular flexibility index (Phi) is 9.58. The molecule has 2 aromatic rings. The molecule has 9 nitrogen and oxygen atoms in total. The fourth-order valence-corrected chi connectivity index (χ4v) is 5.17. The van der Waals surface area contributed by atoms with E-state index in [9.17, 15) is 9.18 Å². The van der Waals surface area contributed by atoms with Crippen molar-refractivity contribution in [2.45, 2.75) is 50.6 Å². The van der Waals surface area contributed by atoms with Crippen molar-refractivity contribution < 1.29 is 18.7 Å². The molecule has 1 aliphatic heterocycles. The minimum atomic E-state index is -0.630. The average Bonchev–Trinajstić information content (AvgIpc) is 2.88. The number of esters is 1. The Morgan fingerprint density at radius 2 is 1.78 bits per heavy atom. The molecule has 1 aromatic heterocycles. The monoisotopic (exact) mass is 570 g/mol. The summed E-state index contributed by atoms with van der Waals surface area (Å²) in [7, 11) is 1.42. The molecule has 4 rings (SSSR count). The quantitative estimate of drug-likeness (QED) is 0.253. The van der Waals surface area contributed by atoms with E-state index in [1.165, 1.54) is 13.2 Å². The molecule has 1 saturated heterocycles. The van der Waals surface area contributed by atoms with Gasteiger partial charge in [0, 0.05) is 30.3 Å². The van der Waals surface area contributed by atoms with Crippen molar-refractivity contribution in [2.75, 3.05) is 41.6 Å². The summed E-state index contributed by atoms with van der Waals surface area (Å²) < 4.78 is 24.7. The van der Waals surface area contributed by atoms with Gasteiger partial charge in [0.2, 0.25) is 5.95 Å². The molecule has 2 aliphatic rings. The fourth-order valence-electron chi connectivity index (χ4n) is 4.44. The van der Waals surface area contributed by atoms with Crippen LogP contribution in [0.4, 0.5) is 27.5 Å². The lowest BCUT2D eigenvalue weighted by Gasteiger charge is -2.29. The molecular formula is C24H29Cl2FN6O3S. The summed E-state index contributed by atoms with van der Waals surface area (Å²) in [5.74, 6) is 0.129. The number of ether oxygens (including phenoxy) is 2. The van der Waals surface area contributed by atoms with Crippen molar-refractivity contribution in [3.8, 4) is 0 Å². The maximum atomic E-state index is 14.4. The van der Waals surface area contributed by atoms with Crippen LogP contribution in [-0.4, -0.2) is 53.5 Å². The van der Waals surface area contributed by atoms with Crippen LogP contribution in [0.3, 0.4) is 0 Å². The number of nitrogens with zero attached hydrogens (tertiary/aromatic N) is 2. The first-order valence-corrected chi connectivity index (χ1v) is 13.3. The van der Waals surface area contributed by atoms with E-state index < -0.39 is 5.82 Å². The van der Waals surface area contributed by atoms with Crippen molar-refractivity contribution >= 4 is 69.6 Å². The van der Waals surface area contributed by atoms with Gasteiger partial charge < -0.3 is 30.7 Å². The SMILES string of the molecule is COC(=O)[C@H]1CC[C@H](Nc2nc(NC3CCOCC3)ncc2NC(=S)Nc2c(F)cc(Cl)cc2Cl)CC1. The van der Waals surface area contributed by atoms with E-state index in [0.29, 0.717) is 30.7 Å². The number of benzene rings is 1. The van der Waals surface area contributed by atoms with Gasteiger partial charge >= 0.3 is 5.97 Å². The third kappa shape index (κ3) is 7.53. The molecule has 0 spiro atoms. The third-order valence-corrected chi connectivity index (χ3v) is 7.16. The van der Waals surface area contributed by atoms with E-state index in [4.69, 9.17) is 49.9 Å². The highest BCUT2D eigenvalue weighted by Gasteiger charge is 2.28. The van der Waals surface area contributed by atoms with Crippen molar-refractivity contribution in [2.24, 2.45) is 5.92 Å². The van der Waals surface area contributed by atoms with Crippen LogP contribution in [0, 0.1) is 11.7 Å². The first-order valence-electron chi connectivity index (χ1n) is 12.1. The van der Waals surface area contributed by atoms with Gasteiger partial charge in [0.15, 0.2) is 10.9 Å². The summed E-state index contributed by atoms with van der Waals surface area (Å²) in [4.78, 5) is 21.1. The lowest BCUT2D eigenvalue weighted by atomic mass is 9.86. The first kappa shape index (κ1) is 27.6. The molecule has 2 fully saturated rings. The molecule has 1 saturated carbocycles. The number of aromatic nitrogens is 2. The summed E-state index contributed by atoms with van der Waals surface area (Å²) in [5.41, 5.74) is 0.522. The van der Waals surface area contributed by atoms with Gasteiger partial charge in [-0.15, -0.1) is 0 Å². The molecule has 0 unspecified atom stereocenters. The Morgan fingerprint density at radius 1 is 1.08 bits per heavy atom. The van der Waals surface area contributed by atoms with Crippen LogP contribution in [-0.2, 0) is 14.3 Å². The zero-order chi connectivity index (χ0) is 26.4. The molecule has 1 aromatic carbocycles. The van der Waals surface area contributed by atoms with E-state index in [1.54, 1.807) is 6.20 Å². The molecule has 0 atom stereocenters. The molecule has 13 heteroatoms. The second-order valence-electron chi connectivity index (χ2n) is 9.03. The molecule has 1 aliphatic carbocycles. The van der Waals surface area contributed by atoms with Crippen LogP contribution in [0.5, 0.6) is 0 Å². The lowest BCUT2D eigenvalue weighted by molar-refractivity contribution is -0.146. The minimum Gasteiger partial charge on any atom is -0.469 e. The Morgan fingerprint density at radius 3 is 2.46 bits per heavy atom. The standard InChI is InChI=1S/C24H29Cl2FN6O3S/c1-35-22(34)13-2-4-15(5-3-13)29-21-19(12-28-23(33-21)30-16-6-8-36-9-7-16)31-24(37)32-20-17(26)10-14(25)11-18(20)27/h10-13,15-16H,2-9H2,1H3,(H2,31,32,37)(H2,28,29,30,33)/t13-,15-. The van der Waals surface area contributed by atoms with E-state index in [0.717, 1.165) is 44.6 Å². The Bertz CT molecular complexity index is 1110. The van der Waals surface area contributed by atoms with Gasteiger partial charge in [-0.05, 0) is 62.9 Å². The zero-order valence-corrected chi connectivity index (χ0v) is 22.6. The van der Waals surface area contributed by atoms with E-state index in [2.05, 4.69) is 26.3 Å². The van der Waals surface area contributed by atoms with Gasteiger partial charge in [0.05, 0.1) is 29.9 Å². The smallest absolute Gasteiger partial charge is 0.308 e. The van der Waals surface area contributed by atoms with Gasteiger partial charge in [-0.3, -0.25) is 4.79 Å². The first-order chi connectivity index (χ1) is 17.8. The number of rotatable bonds is 7. The van der Waals surface area contributed by atoms with Crippen LogP contribution >= 0.6 is 35.4 Å². The van der Waals surface area contributed by atoms with Crippen molar-refractivity contribution in [3.05, 3.63) is 34.2 Å². The summed E-state index contributed by atoms with van der Waals surface area (Å²) in [5, 5.41) is 13.0. The van der Waals surface area contributed by atoms with Crippen LogP contribution < -0.4 is 21.3 Å². The van der Waals surface area contributed by atoms with Gasteiger partial charge in [0.1, 0.15) is 11.5 Å². The predicted octanol–water partition coefficient (Wildman–Crippen LogP) is 5.47. The Labute approximate surface area is 230 Å². The van der Waals surface area contributed by atoms with E-state index >= 15 is 0 Å². The maximum Gasteiger partial charge on any atom is 0.308 e. The molecule has 200 valence electrons. The molecule has 4 N–H and O–H groups in total. The van der Waals surface area contributed by atoms with Gasteiger partial charge in [-0.1, -0.05) is 23.2 Å². The van der Waals surface area contributed by atoms with Crippen molar-refractivity contribution in [3.63, 3.8) is 0 Å². The lowest BCUT2D eigenvalue weighted by Crippen LogP contribution is -2.31. The molecular weight excluding hydrogens is 542 g/mol. The average molecular weight is 572 g/mol. The summed E-state index contributed by atoms with van der Waals surface area (Å²) >= 11 is 17.4. The number of hydrogen-bond donors (Lipinski definition) is 4. The number of halogens is 3. The Balaban J connectivity index is 1.49. The predicted molar refractivity (Wildman–Crippen MR) is 147 cm³/mol. The highest BCUT2D eigenvalue weighted by atomic mass is 35.5.